The van der Waals surface area contributed by atoms with Crippen molar-refractivity contribution in [2.45, 2.75) is 0 Å². The number of halogens is 1. The fourth-order valence-corrected chi connectivity index (χ4v) is 1.96. The summed E-state index contributed by atoms with van der Waals surface area (Å²) in [5.74, 6) is -0.668. The number of rotatable bonds is 1. The zero-order chi connectivity index (χ0) is 11.9. The van der Waals surface area contributed by atoms with Gasteiger partial charge < -0.3 is 4.90 Å². The van der Waals surface area contributed by atoms with E-state index in [1.165, 1.54) is 11.1 Å². The van der Waals surface area contributed by atoms with E-state index in [-0.39, 0.29) is 33.6 Å². The van der Waals surface area contributed by atoms with Gasteiger partial charge >= 0.3 is 0 Å². The summed E-state index contributed by atoms with van der Waals surface area (Å²) >= 11 is 5.89. The number of allylic oxidation sites excluding steroid dienone is 2. The summed E-state index contributed by atoms with van der Waals surface area (Å²) < 4.78 is 0. The van der Waals surface area contributed by atoms with E-state index in [0.29, 0.717) is 0 Å². The second kappa shape index (κ2) is 3.72. The van der Waals surface area contributed by atoms with E-state index in [1.807, 2.05) is 0 Å². The molecule has 0 spiro atoms. The van der Waals surface area contributed by atoms with Crippen LogP contribution in [0.3, 0.4) is 0 Å². The number of pyridine rings is 1. The monoisotopic (exact) mass is 236 g/mol. The van der Waals surface area contributed by atoms with Crippen molar-refractivity contribution in [2.24, 2.45) is 0 Å². The van der Waals surface area contributed by atoms with Gasteiger partial charge in [-0.25, -0.2) is 0 Å². The summed E-state index contributed by atoms with van der Waals surface area (Å²) in [6.07, 6.45) is 1.48. The molecule has 1 aliphatic rings. The van der Waals surface area contributed by atoms with Gasteiger partial charge in [-0.3, -0.25) is 14.6 Å². The molecule has 1 aromatic rings. The van der Waals surface area contributed by atoms with E-state index < -0.39 is 0 Å². The zero-order valence-corrected chi connectivity index (χ0v) is 9.58. The molecule has 82 valence electrons. The summed E-state index contributed by atoms with van der Waals surface area (Å²) in [6.45, 7) is 0. The van der Waals surface area contributed by atoms with E-state index >= 15 is 0 Å². The maximum atomic E-state index is 12.0. The molecule has 0 bridgehead atoms. The molecule has 2 rings (SSSR count). The molecule has 0 unspecified atom stereocenters. The van der Waals surface area contributed by atoms with Gasteiger partial charge in [0, 0.05) is 20.3 Å². The van der Waals surface area contributed by atoms with Gasteiger partial charge in [-0.1, -0.05) is 11.6 Å². The number of carbonyl (C=O) groups excluding carboxylic acids is 2. The number of fused-ring (bicyclic) bond motifs is 1. The van der Waals surface area contributed by atoms with Crippen LogP contribution in [0.25, 0.3) is 0 Å². The fourth-order valence-electron chi connectivity index (χ4n) is 1.61. The van der Waals surface area contributed by atoms with Gasteiger partial charge in [-0.15, -0.1) is 0 Å². The Kier molecular flexibility index (Phi) is 2.52. The number of hydrogen-bond donors (Lipinski definition) is 0. The Labute approximate surface area is 97.5 Å². The number of Topliss-reactive ketones (excluding diaryl/α,β-unsaturated/α-hetero) is 2. The van der Waals surface area contributed by atoms with Gasteiger partial charge in [0.2, 0.25) is 11.6 Å². The summed E-state index contributed by atoms with van der Waals surface area (Å²) in [5, 5.41) is -0.0458. The van der Waals surface area contributed by atoms with E-state index in [1.54, 1.807) is 26.2 Å². The van der Waals surface area contributed by atoms with Crippen LogP contribution in [0.5, 0.6) is 0 Å². The molecule has 0 radical (unpaired) electrons. The van der Waals surface area contributed by atoms with Crippen LogP contribution < -0.4 is 0 Å². The van der Waals surface area contributed by atoms with Gasteiger partial charge in [-0.05, 0) is 12.1 Å². The lowest BCUT2D eigenvalue weighted by Crippen LogP contribution is -2.29. The minimum atomic E-state index is -0.354. The lowest BCUT2D eigenvalue weighted by molar-refractivity contribution is 0.0954. The molecule has 1 heterocycles. The summed E-state index contributed by atoms with van der Waals surface area (Å²) in [7, 11) is 3.33. The molecule has 1 aliphatic carbocycles. The predicted octanol–water partition coefficient (Wildman–Crippen LogP) is 1.47. The molecule has 0 N–H and O–H groups in total. The smallest absolute Gasteiger partial charge is 0.229 e. The number of ketones is 2. The first-order chi connectivity index (χ1) is 7.54. The third kappa shape index (κ3) is 1.42. The van der Waals surface area contributed by atoms with Crippen LogP contribution in [0, 0.1) is 0 Å². The van der Waals surface area contributed by atoms with Gasteiger partial charge in [-0.2, -0.15) is 0 Å². The third-order valence-electron chi connectivity index (χ3n) is 2.34. The highest BCUT2D eigenvalue weighted by Gasteiger charge is 2.33. The van der Waals surface area contributed by atoms with Crippen LogP contribution in [0.2, 0.25) is 0 Å². The quantitative estimate of drug-likeness (QED) is 0.741. The van der Waals surface area contributed by atoms with Crippen molar-refractivity contribution in [3.63, 3.8) is 0 Å². The van der Waals surface area contributed by atoms with Crippen LogP contribution in [0.15, 0.2) is 29.1 Å². The maximum Gasteiger partial charge on any atom is 0.229 e. The van der Waals surface area contributed by atoms with E-state index in [4.69, 9.17) is 11.6 Å². The third-order valence-corrected chi connectivity index (χ3v) is 2.69. The molecule has 5 heteroatoms. The average molecular weight is 237 g/mol. The lowest BCUT2D eigenvalue weighted by atomic mass is 9.97. The number of aromatic nitrogens is 1. The molecule has 0 aliphatic heterocycles. The Bertz CT molecular complexity index is 520. The molecule has 0 fully saturated rings. The van der Waals surface area contributed by atoms with E-state index in [9.17, 15) is 9.59 Å². The summed E-state index contributed by atoms with van der Waals surface area (Å²) in [6, 6.07) is 3.16. The maximum absolute atomic E-state index is 12.0. The number of nitrogens with zero attached hydrogens (tertiary/aromatic N) is 2. The van der Waals surface area contributed by atoms with Gasteiger partial charge in [0.15, 0.2) is 0 Å². The topological polar surface area (TPSA) is 50.3 Å². The predicted molar refractivity (Wildman–Crippen MR) is 59.5 cm³/mol. The highest BCUT2D eigenvalue weighted by molar-refractivity contribution is 6.49. The van der Waals surface area contributed by atoms with Crippen molar-refractivity contribution in [2.75, 3.05) is 14.1 Å². The molecule has 1 aromatic heterocycles. The standard InChI is InChI=1S/C11H9ClN2O2/c1-14(2)9-7(12)10(15)6-4-3-5-13-8(6)11(9)16/h3-5H,1-2H3. The van der Waals surface area contributed by atoms with Crippen molar-refractivity contribution in [3.8, 4) is 0 Å². The fraction of sp³-hybridized carbons (Fsp3) is 0.182. The molecule has 0 saturated heterocycles. The summed E-state index contributed by atoms with van der Waals surface area (Å²) in [5.41, 5.74) is 0.626. The van der Waals surface area contributed by atoms with Crippen molar-refractivity contribution in [3.05, 3.63) is 40.3 Å². The largest absolute Gasteiger partial charge is 0.373 e. The molecule has 0 atom stereocenters. The normalized spacial score (nSPS) is 15.2. The second-order valence-corrected chi connectivity index (χ2v) is 3.99. The van der Waals surface area contributed by atoms with Crippen molar-refractivity contribution in [1.29, 1.82) is 0 Å². The van der Waals surface area contributed by atoms with Crippen molar-refractivity contribution < 1.29 is 9.59 Å². The molecule has 0 amide bonds. The molecule has 0 aromatic carbocycles. The van der Waals surface area contributed by atoms with E-state index in [0.717, 1.165) is 0 Å². The Hall–Kier alpha value is -1.68. The lowest BCUT2D eigenvalue weighted by Gasteiger charge is -2.21. The van der Waals surface area contributed by atoms with E-state index in [2.05, 4.69) is 4.98 Å². The Morgan fingerprint density at radius 3 is 2.56 bits per heavy atom. The van der Waals surface area contributed by atoms with Gasteiger partial charge in [0.25, 0.3) is 0 Å². The highest BCUT2D eigenvalue weighted by Crippen LogP contribution is 2.27. The molecular weight excluding hydrogens is 228 g/mol. The number of carbonyl (C=O) groups is 2. The average Bonchev–Trinajstić information content (AvgIpc) is 2.26. The number of hydrogen-bond acceptors (Lipinski definition) is 4. The highest BCUT2D eigenvalue weighted by atomic mass is 35.5. The summed E-state index contributed by atoms with van der Waals surface area (Å²) in [4.78, 5) is 29.3. The first kappa shape index (κ1) is 10.8. The minimum Gasteiger partial charge on any atom is -0.373 e. The second-order valence-electron chi connectivity index (χ2n) is 3.61. The van der Waals surface area contributed by atoms with Crippen LogP contribution in [-0.4, -0.2) is 35.5 Å². The SMILES string of the molecule is CN(C)C1=C(Cl)C(=O)c2cccnc2C1=O. The molecule has 4 nitrogen and oxygen atoms in total. The van der Waals surface area contributed by atoms with Gasteiger partial charge in [0.1, 0.15) is 16.4 Å². The Morgan fingerprint density at radius 2 is 1.94 bits per heavy atom. The minimum absolute atomic E-state index is 0.0458. The zero-order valence-electron chi connectivity index (χ0n) is 8.82. The number of likely N-dealkylation sites (N-methyl/N-ethyl adjacent to an activating group) is 1. The molecule has 0 saturated carbocycles. The van der Waals surface area contributed by atoms with Crippen molar-refractivity contribution >= 4 is 23.2 Å². The Balaban J connectivity index is 2.68. The first-order valence-electron chi connectivity index (χ1n) is 4.65. The van der Waals surface area contributed by atoms with Crippen LogP contribution >= 0.6 is 11.6 Å². The van der Waals surface area contributed by atoms with Crippen LogP contribution in [0.4, 0.5) is 0 Å². The van der Waals surface area contributed by atoms with Gasteiger partial charge in [0.05, 0.1) is 5.56 Å². The Morgan fingerprint density at radius 1 is 1.25 bits per heavy atom. The first-order valence-corrected chi connectivity index (χ1v) is 5.03. The van der Waals surface area contributed by atoms with Crippen LogP contribution in [-0.2, 0) is 0 Å². The molecular formula is C11H9ClN2O2. The molecule has 16 heavy (non-hydrogen) atoms. The van der Waals surface area contributed by atoms with Crippen LogP contribution in [0.1, 0.15) is 20.8 Å². The van der Waals surface area contributed by atoms with Crippen molar-refractivity contribution in [1.82, 2.24) is 9.88 Å².